The van der Waals surface area contributed by atoms with Crippen molar-refractivity contribution in [1.82, 2.24) is 30.1 Å². The summed E-state index contributed by atoms with van der Waals surface area (Å²) in [4.78, 5) is 19.1. The van der Waals surface area contributed by atoms with Gasteiger partial charge in [0.1, 0.15) is 0 Å². The van der Waals surface area contributed by atoms with Gasteiger partial charge in [-0.05, 0) is 25.0 Å². The molecule has 5 rings (SSSR count). The highest BCUT2D eigenvalue weighted by atomic mass is 16.5. The highest BCUT2D eigenvalue weighted by Crippen LogP contribution is 2.29. The maximum Gasteiger partial charge on any atom is 0.236 e. The summed E-state index contributed by atoms with van der Waals surface area (Å²) in [6.07, 6.45) is 0.825. The van der Waals surface area contributed by atoms with E-state index in [2.05, 4.69) is 20.6 Å². The van der Waals surface area contributed by atoms with E-state index in [0.717, 1.165) is 34.1 Å². The number of benzene rings is 2. The van der Waals surface area contributed by atoms with Gasteiger partial charge >= 0.3 is 0 Å². The Bertz CT molecular complexity index is 1250. The van der Waals surface area contributed by atoms with Crippen molar-refractivity contribution < 1.29 is 9.32 Å². The maximum absolute atomic E-state index is 12.6. The minimum atomic E-state index is 0.0667. The van der Waals surface area contributed by atoms with Gasteiger partial charge in [-0.3, -0.25) is 9.48 Å². The third-order valence-corrected chi connectivity index (χ3v) is 6.07. The normalized spacial score (nSPS) is 16.2. The van der Waals surface area contributed by atoms with Crippen LogP contribution in [0.4, 0.5) is 0 Å². The number of carbonyl (C=O) groups is 1. The second-order valence-electron chi connectivity index (χ2n) is 8.31. The fourth-order valence-corrected chi connectivity index (χ4v) is 4.31. The quantitative estimate of drug-likeness (QED) is 0.506. The molecule has 1 amide bonds. The van der Waals surface area contributed by atoms with Crippen molar-refractivity contribution in [1.29, 1.82) is 0 Å². The van der Waals surface area contributed by atoms with E-state index in [1.165, 1.54) is 0 Å². The first kappa shape index (κ1) is 20.4. The highest BCUT2D eigenvalue weighted by Gasteiger charge is 2.31. The van der Waals surface area contributed by atoms with Gasteiger partial charge in [0, 0.05) is 37.6 Å². The Morgan fingerprint density at radius 3 is 2.91 bits per heavy atom. The Morgan fingerprint density at radius 1 is 1.22 bits per heavy atom. The summed E-state index contributed by atoms with van der Waals surface area (Å²) in [5, 5.41) is 13.0. The van der Waals surface area contributed by atoms with E-state index in [1.54, 1.807) is 0 Å². The summed E-state index contributed by atoms with van der Waals surface area (Å²) < 4.78 is 7.44. The molecule has 32 heavy (non-hydrogen) atoms. The Kier molecular flexibility index (Phi) is 5.45. The van der Waals surface area contributed by atoms with E-state index >= 15 is 0 Å². The Hall–Kier alpha value is -3.52. The fourth-order valence-electron chi connectivity index (χ4n) is 4.31. The van der Waals surface area contributed by atoms with Gasteiger partial charge in [0.25, 0.3) is 0 Å². The van der Waals surface area contributed by atoms with Crippen LogP contribution in [0.5, 0.6) is 0 Å². The second kappa shape index (κ2) is 8.55. The van der Waals surface area contributed by atoms with E-state index in [9.17, 15) is 4.79 Å². The number of likely N-dealkylation sites (tertiary alicyclic amines) is 1. The first-order valence-corrected chi connectivity index (χ1v) is 10.9. The van der Waals surface area contributed by atoms with Gasteiger partial charge in [-0.25, -0.2) is 0 Å². The third-order valence-electron chi connectivity index (χ3n) is 6.07. The standard InChI is InChI=1S/C24H26N6O2/c1-16-20-9-8-18(12-21(20)29(2)27-16)23-26-24(32-28-23)19-10-11-30(15-19)22(31)14-25-13-17-6-4-3-5-7-17/h3-9,12,19,25H,10-11,13-15H2,1-2H3. The number of nitrogens with one attached hydrogen (secondary N) is 1. The molecule has 8 nitrogen and oxygen atoms in total. The Labute approximate surface area is 186 Å². The molecule has 1 N–H and O–H groups in total. The number of hydrogen-bond donors (Lipinski definition) is 1. The Morgan fingerprint density at radius 2 is 2.06 bits per heavy atom. The molecule has 1 aliphatic heterocycles. The molecule has 1 saturated heterocycles. The van der Waals surface area contributed by atoms with Gasteiger partial charge in [0.2, 0.25) is 17.6 Å². The van der Waals surface area contributed by atoms with E-state index in [4.69, 9.17) is 4.52 Å². The molecule has 2 aromatic carbocycles. The smallest absolute Gasteiger partial charge is 0.236 e. The highest BCUT2D eigenvalue weighted by molar-refractivity contribution is 5.85. The van der Waals surface area contributed by atoms with Gasteiger partial charge in [-0.15, -0.1) is 0 Å². The molecule has 0 saturated carbocycles. The van der Waals surface area contributed by atoms with Gasteiger partial charge in [0.05, 0.1) is 23.7 Å². The van der Waals surface area contributed by atoms with Crippen molar-refractivity contribution >= 4 is 16.8 Å². The van der Waals surface area contributed by atoms with Crippen LogP contribution >= 0.6 is 0 Å². The van der Waals surface area contributed by atoms with Gasteiger partial charge in [0.15, 0.2) is 0 Å². The fraction of sp³-hybridized carbons (Fsp3) is 0.333. The molecule has 0 aliphatic carbocycles. The minimum Gasteiger partial charge on any atom is -0.341 e. The van der Waals surface area contributed by atoms with Crippen LogP contribution in [0.15, 0.2) is 53.1 Å². The molecule has 1 unspecified atom stereocenters. The predicted octanol–water partition coefficient (Wildman–Crippen LogP) is 3.04. The molecule has 1 atom stereocenters. The average Bonchev–Trinajstić information content (AvgIpc) is 3.54. The molecular weight excluding hydrogens is 404 g/mol. The lowest BCUT2D eigenvalue weighted by atomic mass is 10.1. The van der Waals surface area contributed by atoms with Crippen LogP contribution in [-0.2, 0) is 18.4 Å². The number of carbonyl (C=O) groups excluding carboxylic acids is 1. The molecular formula is C24H26N6O2. The summed E-state index contributed by atoms with van der Waals surface area (Å²) in [6.45, 7) is 4.30. The number of amides is 1. The van der Waals surface area contributed by atoms with Gasteiger partial charge in [-0.2, -0.15) is 10.1 Å². The van der Waals surface area contributed by atoms with Crippen LogP contribution in [0.2, 0.25) is 0 Å². The number of nitrogens with zero attached hydrogens (tertiary/aromatic N) is 5. The van der Waals surface area contributed by atoms with Gasteiger partial charge in [-0.1, -0.05) is 47.6 Å². The maximum atomic E-state index is 12.6. The number of rotatable bonds is 6. The molecule has 0 bridgehead atoms. The summed E-state index contributed by atoms with van der Waals surface area (Å²) in [7, 11) is 1.93. The molecule has 1 fully saturated rings. The lowest BCUT2D eigenvalue weighted by molar-refractivity contribution is -0.129. The molecule has 8 heteroatoms. The Balaban J connectivity index is 1.21. The van der Waals surface area contributed by atoms with E-state index in [-0.39, 0.29) is 11.8 Å². The van der Waals surface area contributed by atoms with Crippen LogP contribution in [0.3, 0.4) is 0 Å². The topological polar surface area (TPSA) is 89.1 Å². The van der Waals surface area contributed by atoms with Gasteiger partial charge < -0.3 is 14.7 Å². The van der Waals surface area contributed by atoms with Crippen LogP contribution in [0.25, 0.3) is 22.3 Å². The summed E-state index contributed by atoms with van der Waals surface area (Å²) in [6, 6.07) is 16.1. The lowest BCUT2D eigenvalue weighted by Crippen LogP contribution is -2.36. The van der Waals surface area contributed by atoms with E-state index in [0.29, 0.717) is 37.9 Å². The largest absolute Gasteiger partial charge is 0.341 e. The number of aryl methyl sites for hydroxylation is 2. The molecule has 0 spiro atoms. The summed E-state index contributed by atoms with van der Waals surface area (Å²) in [5.41, 5.74) is 4.09. The SMILES string of the molecule is Cc1nn(C)c2cc(-c3noc(C4CCN(C(=O)CNCc5ccccc5)C4)n3)ccc12. The van der Waals surface area contributed by atoms with Crippen molar-refractivity contribution in [2.45, 2.75) is 25.8 Å². The van der Waals surface area contributed by atoms with Crippen molar-refractivity contribution in [2.24, 2.45) is 7.05 Å². The lowest BCUT2D eigenvalue weighted by Gasteiger charge is -2.16. The molecule has 3 heterocycles. The zero-order chi connectivity index (χ0) is 22.1. The first-order chi connectivity index (χ1) is 15.6. The van der Waals surface area contributed by atoms with Crippen LogP contribution in [-0.4, -0.2) is 50.4 Å². The predicted molar refractivity (Wildman–Crippen MR) is 121 cm³/mol. The summed E-state index contributed by atoms with van der Waals surface area (Å²) >= 11 is 0. The van der Waals surface area contributed by atoms with E-state index in [1.807, 2.05) is 72.1 Å². The average molecular weight is 431 g/mol. The van der Waals surface area contributed by atoms with Crippen LogP contribution in [0, 0.1) is 6.92 Å². The van der Waals surface area contributed by atoms with Crippen molar-refractivity contribution in [3.63, 3.8) is 0 Å². The molecule has 164 valence electrons. The number of hydrogen-bond acceptors (Lipinski definition) is 6. The van der Waals surface area contributed by atoms with Crippen LogP contribution in [0.1, 0.15) is 29.5 Å². The zero-order valence-corrected chi connectivity index (χ0v) is 18.3. The zero-order valence-electron chi connectivity index (χ0n) is 18.3. The van der Waals surface area contributed by atoms with Crippen LogP contribution < -0.4 is 5.32 Å². The molecule has 2 aromatic heterocycles. The summed E-state index contributed by atoms with van der Waals surface area (Å²) in [5.74, 6) is 1.32. The molecule has 0 radical (unpaired) electrons. The molecule has 4 aromatic rings. The second-order valence-corrected chi connectivity index (χ2v) is 8.31. The number of fused-ring (bicyclic) bond motifs is 1. The first-order valence-electron chi connectivity index (χ1n) is 10.9. The minimum absolute atomic E-state index is 0.0667. The molecule has 1 aliphatic rings. The number of aromatic nitrogens is 4. The monoisotopic (exact) mass is 430 g/mol. The van der Waals surface area contributed by atoms with Crippen molar-refractivity contribution in [3.8, 4) is 11.4 Å². The van der Waals surface area contributed by atoms with Crippen molar-refractivity contribution in [3.05, 3.63) is 65.7 Å². The van der Waals surface area contributed by atoms with E-state index < -0.39 is 0 Å². The third kappa shape index (κ3) is 4.01. The van der Waals surface area contributed by atoms with Crippen molar-refractivity contribution in [2.75, 3.05) is 19.6 Å².